The average molecular weight is 203 g/mol. The summed E-state index contributed by atoms with van der Waals surface area (Å²) in [5.41, 5.74) is 1.07. The molecule has 0 bridgehead atoms. The molecule has 5 heteroatoms. The van der Waals surface area contributed by atoms with Crippen molar-refractivity contribution in [1.29, 1.82) is 0 Å². The normalized spacial score (nSPS) is 15.1. The Morgan fingerprint density at radius 3 is 2.20 bits per heavy atom. The Bertz CT molecular complexity index is 396. The Labute approximate surface area is 86.4 Å². The summed E-state index contributed by atoms with van der Waals surface area (Å²) in [7, 11) is 0. The third-order valence-electron chi connectivity index (χ3n) is 2.15. The fourth-order valence-corrected chi connectivity index (χ4v) is 1.35. The quantitative estimate of drug-likeness (QED) is 0.756. The summed E-state index contributed by atoms with van der Waals surface area (Å²) in [6.07, 6.45) is 0.628. The maximum atomic E-state index is 11.1. The van der Waals surface area contributed by atoms with Gasteiger partial charge in [0.15, 0.2) is 0 Å². The molecule has 0 spiro atoms. The van der Waals surface area contributed by atoms with E-state index in [0.29, 0.717) is 13.0 Å². The molecule has 1 heterocycles. The number of carbonyl (C=O) groups excluding carboxylic acids is 2. The van der Waals surface area contributed by atoms with Crippen LogP contribution in [0.4, 0.5) is 9.59 Å². The highest BCUT2D eigenvalue weighted by Crippen LogP contribution is 2.09. The molecule has 1 aliphatic heterocycles. The highest BCUT2D eigenvalue weighted by Gasteiger charge is 2.26. The van der Waals surface area contributed by atoms with E-state index < -0.39 is 12.1 Å². The zero-order chi connectivity index (χ0) is 10.7. The molecule has 0 radical (unpaired) electrons. The first-order chi connectivity index (χ1) is 7.27. The summed E-state index contributed by atoms with van der Waals surface area (Å²) in [4.78, 5) is 23.1. The Kier molecular flexibility index (Phi) is 2.53. The minimum Gasteiger partial charge on any atom is -0.244 e. The third kappa shape index (κ3) is 2.07. The summed E-state index contributed by atoms with van der Waals surface area (Å²) in [6, 6.07) is 8.49. The van der Waals surface area contributed by atoms with Crippen molar-refractivity contribution in [3.05, 3.63) is 35.9 Å². The Morgan fingerprint density at radius 1 is 1.00 bits per heavy atom. The van der Waals surface area contributed by atoms with E-state index in [1.807, 2.05) is 30.3 Å². The lowest BCUT2D eigenvalue weighted by atomic mass is 10.1. The van der Waals surface area contributed by atoms with Crippen LogP contribution < -0.4 is 0 Å². The second-order valence-electron chi connectivity index (χ2n) is 3.15. The Morgan fingerprint density at radius 2 is 1.60 bits per heavy atom. The van der Waals surface area contributed by atoms with Gasteiger partial charge in [0.2, 0.25) is 0 Å². The van der Waals surface area contributed by atoms with Gasteiger partial charge in [-0.25, -0.2) is 14.5 Å². The molecule has 1 aromatic rings. The molecule has 0 fully saturated rings. The van der Waals surface area contributed by atoms with Gasteiger partial charge < -0.3 is 0 Å². The van der Waals surface area contributed by atoms with Crippen molar-refractivity contribution in [2.24, 2.45) is 10.2 Å². The SMILES string of the molecule is O=C1N=NC(=O)N1CCc1ccccc1. The van der Waals surface area contributed by atoms with Crippen LogP contribution in [0.1, 0.15) is 5.56 Å². The van der Waals surface area contributed by atoms with Crippen molar-refractivity contribution in [2.75, 3.05) is 6.54 Å². The van der Waals surface area contributed by atoms with Gasteiger partial charge in [-0.1, -0.05) is 40.6 Å². The van der Waals surface area contributed by atoms with Crippen molar-refractivity contribution in [1.82, 2.24) is 4.90 Å². The number of urea groups is 2. The Hall–Kier alpha value is -2.04. The van der Waals surface area contributed by atoms with E-state index in [0.717, 1.165) is 10.5 Å². The fraction of sp³-hybridized carbons (Fsp3) is 0.200. The maximum Gasteiger partial charge on any atom is 0.370 e. The summed E-state index contributed by atoms with van der Waals surface area (Å²) >= 11 is 0. The molecule has 0 unspecified atom stereocenters. The molecular formula is C10H9N3O2. The first kappa shape index (κ1) is 9.51. The van der Waals surface area contributed by atoms with Crippen LogP contribution in [0.15, 0.2) is 40.6 Å². The van der Waals surface area contributed by atoms with Gasteiger partial charge >= 0.3 is 12.1 Å². The molecule has 76 valence electrons. The standard InChI is InChI=1S/C10H9N3O2/c14-9-11-12-10(15)13(9)7-6-8-4-2-1-3-5-8/h1-5H,6-7H2. The van der Waals surface area contributed by atoms with Crippen LogP contribution in [-0.4, -0.2) is 23.5 Å². The number of nitrogens with zero attached hydrogens (tertiary/aromatic N) is 3. The molecule has 0 atom stereocenters. The molecule has 5 nitrogen and oxygen atoms in total. The van der Waals surface area contributed by atoms with Gasteiger partial charge in [0, 0.05) is 6.54 Å². The fourth-order valence-electron chi connectivity index (χ4n) is 1.35. The van der Waals surface area contributed by atoms with E-state index in [9.17, 15) is 9.59 Å². The van der Waals surface area contributed by atoms with Crippen molar-refractivity contribution in [3.8, 4) is 0 Å². The van der Waals surface area contributed by atoms with Gasteiger partial charge in [-0.15, -0.1) is 0 Å². The summed E-state index contributed by atoms with van der Waals surface area (Å²) in [6.45, 7) is 0.328. The molecule has 2 rings (SSSR count). The maximum absolute atomic E-state index is 11.1. The first-order valence-electron chi connectivity index (χ1n) is 4.58. The number of hydrogen-bond donors (Lipinski definition) is 0. The zero-order valence-corrected chi connectivity index (χ0v) is 7.96. The van der Waals surface area contributed by atoms with Gasteiger partial charge in [0.05, 0.1) is 0 Å². The topological polar surface area (TPSA) is 62.1 Å². The number of benzene rings is 1. The lowest BCUT2D eigenvalue weighted by Gasteiger charge is -2.09. The molecule has 0 saturated heterocycles. The number of hydrogen-bond acceptors (Lipinski definition) is 2. The second-order valence-corrected chi connectivity index (χ2v) is 3.15. The summed E-state index contributed by atoms with van der Waals surface area (Å²) in [5.74, 6) is 0. The molecule has 4 amide bonds. The number of rotatable bonds is 3. The van der Waals surface area contributed by atoms with E-state index in [4.69, 9.17) is 0 Å². The molecule has 15 heavy (non-hydrogen) atoms. The van der Waals surface area contributed by atoms with E-state index in [1.165, 1.54) is 0 Å². The minimum atomic E-state index is -0.573. The second kappa shape index (κ2) is 4.00. The van der Waals surface area contributed by atoms with Crippen LogP contribution >= 0.6 is 0 Å². The smallest absolute Gasteiger partial charge is 0.244 e. The lowest BCUT2D eigenvalue weighted by molar-refractivity contribution is 0.206. The average Bonchev–Trinajstić information content (AvgIpc) is 2.58. The van der Waals surface area contributed by atoms with Gasteiger partial charge in [0.1, 0.15) is 0 Å². The van der Waals surface area contributed by atoms with Crippen molar-refractivity contribution in [3.63, 3.8) is 0 Å². The number of azo groups is 1. The molecular weight excluding hydrogens is 194 g/mol. The van der Waals surface area contributed by atoms with E-state index >= 15 is 0 Å². The highest BCUT2D eigenvalue weighted by molar-refractivity contribution is 5.98. The molecule has 0 aromatic heterocycles. The van der Waals surface area contributed by atoms with Crippen molar-refractivity contribution < 1.29 is 9.59 Å². The predicted molar refractivity (Wildman–Crippen MR) is 52.5 cm³/mol. The third-order valence-corrected chi connectivity index (χ3v) is 2.15. The molecule has 1 aromatic carbocycles. The van der Waals surface area contributed by atoms with Crippen molar-refractivity contribution >= 4 is 12.1 Å². The highest BCUT2D eigenvalue weighted by atomic mass is 16.2. The minimum absolute atomic E-state index is 0.328. The lowest BCUT2D eigenvalue weighted by Crippen LogP contribution is -2.30. The van der Waals surface area contributed by atoms with Crippen LogP contribution in [0, 0.1) is 0 Å². The summed E-state index contributed by atoms with van der Waals surface area (Å²) < 4.78 is 0. The number of carbonyl (C=O) groups is 2. The van der Waals surface area contributed by atoms with Crippen LogP contribution in [0.25, 0.3) is 0 Å². The van der Waals surface area contributed by atoms with E-state index in [-0.39, 0.29) is 0 Å². The molecule has 1 aliphatic rings. The Balaban J connectivity index is 1.95. The van der Waals surface area contributed by atoms with Gasteiger partial charge in [0.25, 0.3) is 0 Å². The van der Waals surface area contributed by atoms with Crippen LogP contribution in [0.3, 0.4) is 0 Å². The van der Waals surface area contributed by atoms with Crippen LogP contribution in [0.5, 0.6) is 0 Å². The van der Waals surface area contributed by atoms with Crippen LogP contribution in [-0.2, 0) is 6.42 Å². The van der Waals surface area contributed by atoms with Gasteiger partial charge in [-0.3, -0.25) is 0 Å². The molecule has 0 N–H and O–H groups in total. The first-order valence-corrected chi connectivity index (χ1v) is 4.58. The number of amides is 4. The van der Waals surface area contributed by atoms with Crippen LogP contribution in [0.2, 0.25) is 0 Å². The van der Waals surface area contributed by atoms with E-state index in [2.05, 4.69) is 10.2 Å². The van der Waals surface area contributed by atoms with Crippen molar-refractivity contribution in [2.45, 2.75) is 6.42 Å². The largest absolute Gasteiger partial charge is 0.370 e. The monoisotopic (exact) mass is 203 g/mol. The van der Waals surface area contributed by atoms with Gasteiger partial charge in [-0.05, 0) is 12.0 Å². The summed E-state index contributed by atoms with van der Waals surface area (Å²) in [5, 5.41) is 6.35. The zero-order valence-electron chi connectivity index (χ0n) is 7.96. The predicted octanol–water partition coefficient (Wildman–Crippen LogP) is 2.24. The molecule has 0 saturated carbocycles. The number of imide groups is 1. The van der Waals surface area contributed by atoms with E-state index in [1.54, 1.807) is 0 Å². The van der Waals surface area contributed by atoms with Gasteiger partial charge in [-0.2, -0.15) is 0 Å². The molecule has 0 aliphatic carbocycles.